The highest BCUT2D eigenvalue weighted by atomic mass is 32.2. The molecule has 0 aliphatic heterocycles. The van der Waals surface area contributed by atoms with E-state index in [1.807, 2.05) is 24.3 Å². The molecule has 1 aromatic heterocycles. The van der Waals surface area contributed by atoms with Gasteiger partial charge in [0.15, 0.2) is 0 Å². The van der Waals surface area contributed by atoms with E-state index in [1.54, 1.807) is 12.5 Å². The van der Waals surface area contributed by atoms with Crippen LogP contribution >= 0.6 is 11.8 Å². The van der Waals surface area contributed by atoms with E-state index in [9.17, 15) is 14.7 Å². The number of carbonyl (C=O) groups is 2. The van der Waals surface area contributed by atoms with E-state index in [-0.39, 0.29) is 18.1 Å². The van der Waals surface area contributed by atoms with Gasteiger partial charge in [-0.2, -0.15) is 11.8 Å². The number of para-hydroxylation sites is 1. The van der Waals surface area contributed by atoms with Gasteiger partial charge in [0.1, 0.15) is 6.04 Å². The molecular formula is C14H16N2O3S. The van der Waals surface area contributed by atoms with Crippen molar-refractivity contribution < 1.29 is 14.7 Å². The van der Waals surface area contributed by atoms with Crippen molar-refractivity contribution in [3.63, 3.8) is 0 Å². The lowest BCUT2D eigenvalue weighted by Gasteiger charge is -2.13. The van der Waals surface area contributed by atoms with Crippen molar-refractivity contribution in [1.82, 2.24) is 10.3 Å². The number of aromatic nitrogens is 1. The predicted octanol–water partition coefficient (Wildman–Crippen LogP) is 1.64. The molecule has 0 aliphatic carbocycles. The number of carboxylic acid groups (broad SMARTS) is 1. The fourth-order valence-electron chi connectivity index (χ4n) is 2.09. The SMILES string of the molecule is CSCC(=O)NC(Cc1c[nH]c2ccccc12)C(=O)O. The number of rotatable bonds is 6. The third kappa shape index (κ3) is 3.33. The first-order chi connectivity index (χ1) is 9.61. The molecule has 0 fully saturated rings. The lowest BCUT2D eigenvalue weighted by atomic mass is 10.1. The maximum atomic E-state index is 11.5. The molecule has 1 amide bonds. The second-order valence-electron chi connectivity index (χ2n) is 4.45. The fraction of sp³-hybridized carbons (Fsp3) is 0.286. The molecule has 0 saturated heterocycles. The Kier molecular flexibility index (Phi) is 4.68. The molecule has 6 heteroatoms. The standard InChI is InChI=1S/C14H16N2O3S/c1-20-8-13(17)16-12(14(18)19)6-9-7-15-11-5-3-2-4-10(9)11/h2-5,7,12,15H,6,8H2,1H3,(H,16,17)(H,18,19). The van der Waals surface area contributed by atoms with Gasteiger partial charge in [-0.1, -0.05) is 18.2 Å². The van der Waals surface area contributed by atoms with Crippen LogP contribution in [0.25, 0.3) is 10.9 Å². The molecule has 1 atom stereocenters. The first-order valence-corrected chi connectivity index (χ1v) is 7.57. The molecule has 20 heavy (non-hydrogen) atoms. The molecule has 1 aromatic carbocycles. The van der Waals surface area contributed by atoms with Gasteiger partial charge in [0.05, 0.1) is 5.75 Å². The van der Waals surface area contributed by atoms with Gasteiger partial charge in [-0.15, -0.1) is 0 Å². The third-order valence-electron chi connectivity index (χ3n) is 3.01. The lowest BCUT2D eigenvalue weighted by molar-refractivity contribution is -0.141. The zero-order chi connectivity index (χ0) is 14.5. The van der Waals surface area contributed by atoms with Crippen LogP contribution in [0.3, 0.4) is 0 Å². The zero-order valence-corrected chi connectivity index (χ0v) is 11.9. The minimum absolute atomic E-state index is 0.259. The van der Waals surface area contributed by atoms with Crippen LogP contribution in [0, 0.1) is 0 Å². The summed E-state index contributed by atoms with van der Waals surface area (Å²) in [6.07, 6.45) is 3.86. The molecule has 1 unspecified atom stereocenters. The van der Waals surface area contributed by atoms with Crippen LogP contribution in [0.1, 0.15) is 5.56 Å². The number of amides is 1. The molecule has 2 rings (SSSR count). The Hall–Kier alpha value is -1.95. The molecule has 3 N–H and O–H groups in total. The number of aromatic amines is 1. The molecule has 0 saturated carbocycles. The van der Waals surface area contributed by atoms with Gasteiger partial charge < -0.3 is 15.4 Å². The summed E-state index contributed by atoms with van der Waals surface area (Å²) in [4.78, 5) is 25.9. The average Bonchev–Trinajstić information content (AvgIpc) is 2.82. The summed E-state index contributed by atoms with van der Waals surface area (Å²) in [5.74, 6) is -1.02. The number of carboxylic acids is 1. The molecule has 0 bridgehead atoms. The van der Waals surface area contributed by atoms with Crippen LogP contribution in [0.2, 0.25) is 0 Å². The van der Waals surface area contributed by atoms with E-state index in [0.29, 0.717) is 0 Å². The quantitative estimate of drug-likeness (QED) is 0.756. The monoisotopic (exact) mass is 292 g/mol. The molecule has 0 radical (unpaired) electrons. The van der Waals surface area contributed by atoms with Crippen molar-refractivity contribution in [2.45, 2.75) is 12.5 Å². The summed E-state index contributed by atoms with van der Waals surface area (Å²) >= 11 is 1.36. The van der Waals surface area contributed by atoms with E-state index in [2.05, 4.69) is 10.3 Å². The number of thioether (sulfide) groups is 1. The smallest absolute Gasteiger partial charge is 0.326 e. The van der Waals surface area contributed by atoms with Crippen LogP contribution in [-0.2, 0) is 16.0 Å². The normalized spacial score (nSPS) is 12.2. The minimum atomic E-state index is -1.02. The summed E-state index contributed by atoms with van der Waals surface area (Å²) in [7, 11) is 0. The van der Waals surface area contributed by atoms with Gasteiger partial charge in [0, 0.05) is 23.5 Å². The number of hydrogen-bond donors (Lipinski definition) is 3. The molecule has 106 valence electrons. The molecule has 5 nitrogen and oxygen atoms in total. The Morgan fingerprint density at radius 3 is 2.85 bits per heavy atom. The fourth-order valence-corrected chi connectivity index (χ4v) is 2.43. The Bertz CT molecular complexity index is 624. The Morgan fingerprint density at radius 1 is 1.40 bits per heavy atom. The number of H-pyrrole nitrogens is 1. The highest BCUT2D eigenvalue weighted by molar-refractivity contribution is 7.99. The van der Waals surface area contributed by atoms with Gasteiger partial charge in [-0.05, 0) is 17.9 Å². The summed E-state index contributed by atoms with van der Waals surface area (Å²) in [6, 6.07) is 6.78. The summed E-state index contributed by atoms with van der Waals surface area (Å²) < 4.78 is 0. The van der Waals surface area contributed by atoms with Gasteiger partial charge in [0.25, 0.3) is 0 Å². The second kappa shape index (κ2) is 6.47. The number of benzene rings is 1. The molecule has 2 aromatic rings. The van der Waals surface area contributed by atoms with Crippen molar-refractivity contribution in [3.8, 4) is 0 Å². The van der Waals surface area contributed by atoms with Crippen molar-refractivity contribution in [3.05, 3.63) is 36.0 Å². The summed E-state index contributed by atoms with van der Waals surface area (Å²) in [5, 5.41) is 12.8. The number of nitrogens with one attached hydrogen (secondary N) is 2. The Balaban J connectivity index is 2.15. The number of fused-ring (bicyclic) bond motifs is 1. The molecule has 0 aliphatic rings. The Labute approximate surface area is 120 Å². The topological polar surface area (TPSA) is 82.2 Å². The maximum absolute atomic E-state index is 11.5. The largest absolute Gasteiger partial charge is 0.480 e. The maximum Gasteiger partial charge on any atom is 0.326 e. The van der Waals surface area contributed by atoms with E-state index in [4.69, 9.17) is 0 Å². The lowest BCUT2D eigenvalue weighted by Crippen LogP contribution is -2.43. The van der Waals surface area contributed by atoms with E-state index >= 15 is 0 Å². The van der Waals surface area contributed by atoms with Crippen LogP contribution in [0.4, 0.5) is 0 Å². The van der Waals surface area contributed by atoms with Crippen molar-refractivity contribution in [2.24, 2.45) is 0 Å². The van der Waals surface area contributed by atoms with E-state index in [0.717, 1.165) is 16.5 Å². The number of aliphatic carboxylic acids is 1. The summed E-state index contributed by atoms with van der Waals surface area (Å²) in [6.45, 7) is 0. The summed E-state index contributed by atoms with van der Waals surface area (Å²) in [5.41, 5.74) is 1.85. The van der Waals surface area contributed by atoms with E-state index in [1.165, 1.54) is 11.8 Å². The highest BCUT2D eigenvalue weighted by Gasteiger charge is 2.21. The number of carbonyl (C=O) groups excluding carboxylic acids is 1. The van der Waals surface area contributed by atoms with Gasteiger partial charge in [-0.3, -0.25) is 4.79 Å². The van der Waals surface area contributed by atoms with Gasteiger partial charge in [0.2, 0.25) is 5.91 Å². The van der Waals surface area contributed by atoms with Crippen molar-refractivity contribution in [1.29, 1.82) is 0 Å². The number of hydrogen-bond acceptors (Lipinski definition) is 3. The third-order valence-corrected chi connectivity index (χ3v) is 3.56. The average molecular weight is 292 g/mol. The van der Waals surface area contributed by atoms with Crippen LogP contribution < -0.4 is 5.32 Å². The molecule has 0 spiro atoms. The van der Waals surface area contributed by atoms with Gasteiger partial charge >= 0.3 is 5.97 Å². The van der Waals surface area contributed by atoms with Gasteiger partial charge in [-0.25, -0.2) is 4.79 Å². The molecule has 1 heterocycles. The molecular weight excluding hydrogens is 276 g/mol. The first kappa shape index (κ1) is 14.5. The highest BCUT2D eigenvalue weighted by Crippen LogP contribution is 2.19. The van der Waals surface area contributed by atoms with Crippen LogP contribution in [-0.4, -0.2) is 40.0 Å². The van der Waals surface area contributed by atoms with Crippen LogP contribution in [0.5, 0.6) is 0 Å². The van der Waals surface area contributed by atoms with Crippen molar-refractivity contribution in [2.75, 3.05) is 12.0 Å². The van der Waals surface area contributed by atoms with Crippen LogP contribution in [0.15, 0.2) is 30.5 Å². The van der Waals surface area contributed by atoms with Crippen molar-refractivity contribution >= 4 is 34.5 Å². The minimum Gasteiger partial charge on any atom is -0.480 e. The second-order valence-corrected chi connectivity index (χ2v) is 5.32. The first-order valence-electron chi connectivity index (χ1n) is 6.18. The predicted molar refractivity (Wildman–Crippen MR) is 80.0 cm³/mol. The zero-order valence-electron chi connectivity index (χ0n) is 11.1. The Morgan fingerprint density at radius 2 is 2.15 bits per heavy atom. The van der Waals surface area contributed by atoms with E-state index < -0.39 is 12.0 Å².